The Morgan fingerprint density at radius 2 is 1.81 bits per heavy atom. The predicted molar refractivity (Wildman–Crippen MR) is 104 cm³/mol. The summed E-state index contributed by atoms with van der Waals surface area (Å²) < 4.78 is 16.7. The van der Waals surface area contributed by atoms with Crippen molar-refractivity contribution in [3.63, 3.8) is 0 Å². The van der Waals surface area contributed by atoms with Crippen LogP contribution in [-0.4, -0.2) is 40.0 Å². The highest BCUT2D eigenvalue weighted by atomic mass is 79.9. The van der Waals surface area contributed by atoms with E-state index in [0.29, 0.717) is 22.8 Å². The summed E-state index contributed by atoms with van der Waals surface area (Å²) in [5.74, 6) is 1.25. The summed E-state index contributed by atoms with van der Waals surface area (Å²) >= 11 is 3.38. The molecule has 138 valence electrons. The number of hydrazone groups is 1. The number of anilines is 1. The second kappa shape index (κ2) is 9.67. The number of hydrogen-bond acceptors (Lipinski definition) is 6. The molecule has 26 heavy (non-hydrogen) atoms. The Hall–Kier alpha value is -2.74. The number of carbonyl (C=O) groups is 1. The third kappa shape index (κ3) is 5.38. The molecular formula is C18H20BrN3O4. The lowest BCUT2D eigenvalue weighted by Gasteiger charge is -2.12. The van der Waals surface area contributed by atoms with Gasteiger partial charge in [0.1, 0.15) is 0 Å². The SMILES string of the molecule is COc1cc(/C=N/NC(=O)CNc2cccc(Br)c2)cc(OC)c1OC. The Morgan fingerprint density at radius 1 is 1.12 bits per heavy atom. The molecule has 0 atom stereocenters. The normalized spacial score (nSPS) is 10.5. The Morgan fingerprint density at radius 3 is 2.38 bits per heavy atom. The first-order valence-electron chi connectivity index (χ1n) is 7.68. The van der Waals surface area contributed by atoms with Gasteiger partial charge in [0.15, 0.2) is 11.5 Å². The van der Waals surface area contributed by atoms with E-state index in [2.05, 4.69) is 31.8 Å². The summed E-state index contributed by atoms with van der Waals surface area (Å²) in [7, 11) is 4.60. The molecule has 0 aromatic heterocycles. The first kappa shape index (κ1) is 19.6. The van der Waals surface area contributed by atoms with Crippen molar-refractivity contribution in [3.8, 4) is 17.2 Å². The topological polar surface area (TPSA) is 81.2 Å². The number of halogens is 1. The summed E-state index contributed by atoms with van der Waals surface area (Å²) in [6, 6.07) is 11.0. The lowest BCUT2D eigenvalue weighted by molar-refractivity contribution is -0.119. The number of ether oxygens (including phenoxy) is 3. The van der Waals surface area contributed by atoms with Gasteiger partial charge in [0.25, 0.3) is 5.91 Å². The van der Waals surface area contributed by atoms with Gasteiger partial charge in [-0.1, -0.05) is 22.0 Å². The van der Waals surface area contributed by atoms with Gasteiger partial charge >= 0.3 is 0 Å². The molecule has 1 amide bonds. The summed E-state index contributed by atoms with van der Waals surface area (Å²) in [5, 5.41) is 6.96. The highest BCUT2D eigenvalue weighted by Gasteiger charge is 2.12. The van der Waals surface area contributed by atoms with Gasteiger partial charge in [-0.15, -0.1) is 0 Å². The van der Waals surface area contributed by atoms with Gasteiger partial charge in [-0.3, -0.25) is 4.79 Å². The Balaban J connectivity index is 1.96. The Kier molecular flexibility index (Phi) is 7.28. The van der Waals surface area contributed by atoms with Crippen molar-refractivity contribution < 1.29 is 19.0 Å². The number of methoxy groups -OCH3 is 3. The molecule has 0 unspecified atom stereocenters. The number of hydrogen-bond donors (Lipinski definition) is 2. The molecule has 0 saturated heterocycles. The molecule has 0 aliphatic carbocycles. The number of rotatable bonds is 8. The maximum atomic E-state index is 11.9. The van der Waals surface area contributed by atoms with E-state index in [-0.39, 0.29) is 12.5 Å². The molecule has 0 bridgehead atoms. The fraction of sp³-hybridized carbons (Fsp3) is 0.222. The minimum atomic E-state index is -0.270. The van der Waals surface area contributed by atoms with Crippen LogP contribution in [0.3, 0.4) is 0 Å². The number of nitrogens with one attached hydrogen (secondary N) is 2. The van der Waals surface area contributed by atoms with Crippen molar-refractivity contribution in [3.05, 3.63) is 46.4 Å². The molecule has 0 fully saturated rings. The summed E-state index contributed by atoms with van der Waals surface area (Å²) in [4.78, 5) is 11.9. The van der Waals surface area contributed by atoms with E-state index in [9.17, 15) is 4.79 Å². The van der Waals surface area contributed by atoms with E-state index >= 15 is 0 Å². The van der Waals surface area contributed by atoms with Crippen LogP contribution in [0.5, 0.6) is 17.2 Å². The molecule has 0 heterocycles. The monoisotopic (exact) mass is 421 g/mol. The lowest BCUT2D eigenvalue weighted by Crippen LogP contribution is -2.25. The molecule has 2 N–H and O–H groups in total. The fourth-order valence-corrected chi connectivity index (χ4v) is 2.57. The molecule has 2 rings (SSSR count). The van der Waals surface area contributed by atoms with E-state index in [4.69, 9.17) is 14.2 Å². The molecule has 0 aliphatic heterocycles. The lowest BCUT2D eigenvalue weighted by atomic mass is 10.2. The standard InChI is InChI=1S/C18H20BrN3O4/c1-24-15-7-12(8-16(25-2)18(15)26-3)10-21-22-17(23)11-20-14-6-4-5-13(19)9-14/h4-10,20H,11H2,1-3H3,(H,22,23)/b21-10+. The second-order valence-electron chi connectivity index (χ2n) is 5.12. The van der Waals surface area contributed by atoms with Crippen LogP contribution in [-0.2, 0) is 4.79 Å². The van der Waals surface area contributed by atoms with Crippen LogP contribution in [0, 0.1) is 0 Å². The molecule has 2 aromatic carbocycles. The summed E-state index contributed by atoms with van der Waals surface area (Å²) in [5.41, 5.74) is 3.99. The average molecular weight is 422 g/mol. The number of amides is 1. The van der Waals surface area contributed by atoms with Gasteiger partial charge in [-0.2, -0.15) is 5.10 Å². The smallest absolute Gasteiger partial charge is 0.259 e. The zero-order valence-electron chi connectivity index (χ0n) is 14.7. The van der Waals surface area contributed by atoms with Crippen LogP contribution in [0.4, 0.5) is 5.69 Å². The first-order valence-corrected chi connectivity index (χ1v) is 8.48. The second-order valence-corrected chi connectivity index (χ2v) is 6.03. The molecule has 0 aliphatic rings. The van der Waals surface area contributed by atoms with Crippen LogP contribution < -0.4 is 25.0 Å². The number of benzene rings is 2. The van der Waals surface area contributed by atoms with Gasteiger partial charge in [0, 0.05) is 15.7 Å². The molecule has 8 heteroatoms. The minimum Gasteiger partial charge on any atom is -0.493 e. The van der Waals surface area contributed by atoms with Crippen LogP contribution in [0.2, 0.25) is 0 Å². The van der Waals surface area contributed by atoms with E-state index in [0.717, 1.165) is 10.2 Å². The minimum absolute atomic E-state index is 0.100. The van der Waals surface area contributed by atoms with Crippen LogP contribution in [0.1, 0.15) is 5.56 Å². The van der Waals surface area contributed by atoms with Gasteiger partial charge in [0.05, 0.1) is 34.1 Å². The number of nitrogens with zero attached hydrogens (tertiary/aromatic N) is 1. The fourth-order valence-electron chi connectivity index (χ4n) is 2.18. The quantitative estimate of drug-likeness (QED) is 0.505. The molecule has 0 saturated carbocycles. The predicted octanol–water partition coefficient (Wildman–Crippen LogP) is 3.04. The van der Waals surface area contributed by atoms with Crippen molar-refractivity contribution in [1.82, 2.24) is 5.43 Å². The average Bonchev–Trinajstić information content (AvgIpc) is 2.65. The van der Waals surface area contributed by atoms with Gasteiger partial charge in [-0.25, -0.2) is 5.43 Å². The maximum absolute atomic E-state index is 11.9. The van der Waals surface area contributed by atoms with E-state index in [1.165, 1.54) is 27.5 Å². The highest BCUT2D eigenvalue weighted by molar-refractivity contribution is 9.10. The molecule has 7 nitrogen and oxygen atoms in total. The van der Waals surface area contributed by atoms with E-state index in [1.54, 1.807) is 12.1 Å². The first-order chi connectivity index (χ1) is 12.6. The van der Waals surface area contributed by atoms with Crippen molar-refractivity contribution >= 4 is 33.7 Å². The molecule has 0 spiro atoms. The third-order valence-electron chi connectivity index (χ3n) is 3.37. The van der Waals surface area contributed by atoms with Crippen molar-refractivity contribution in [1.29, 1.82) is 0 Å². The highest BCUT2D eigenvalue weighted by Crippen LogP contribution is 2.37. The van der Waals surface area contributed by atoms with Crippen molar-refractivity contribution in [2.75, 3.05) is 33.2 Å². The number of carbonyl (C=O) groups excluding carboxylic acids is 1. The van der Waals surface area contributed by atoms with Gasteiger partial charge in [0.2, 0.25) is 5.75 Å². The van der Waals surface area contributed by atoms with E-state index in [1.807, 2.05) is 24.3 Å². The third-order valence-corrected chi connectivity index (χ3v) is 3.86. The van der Waals surface area contributed by atoms with Crippen molar-refractivity contribution in [2.45, 2.75) is 0 Å². The zero-order chi connectivity index (χ0) is 18.9. The molecule has 2 aromatic rings. The summed E-state index contributed by atoms with van der Waals surface area (Å²) in [6.07, 6.45) is 1.50. The van der Waals surface area contributed by atoms with E-state index < -0.39 is 0 Å². The van der Waals surface area contributed by atoms with Crippen LogP contribution >= 0.6 is 15.9 Å². The van der Waals surface area contributed by atoms with Crippen LogP contribution in [0.15, 0.2) is 46.0 Å². The van der Waals surface area contributed by atoms with Crippen LogP contribution in [0.25, 0.3) is 0 Å². The largest absolute Gasteiger partial charge is 0.493 e. The zero-order valence-corrected chi connectivity index (χ0v) is 16.3. The van der Waals surface area contributed by atoms with Gasteiger partial charge in [-0.05, 0) is 30.3 Å². The molecule has 0 radical (unpaired) electrons. The van der Waals surface area contributed by atoms with Gasteiger partial charge < -0.3 is 19.5 Å². The summed E-state index contributed by atoms with van der Waals surface area (Å²) in [6.45, 7) is 0.100. The maximum Gasteiger partial charge on any atom is 0.259 e. The van der Waals surface area contributed by atoms with Crippen molar-refractivity contribution in [2.24, 2.45) is 5.10 Å². The Labute approximate surface area is 160 Å². The Bertz CT molecular complexity index is 771. The molecular weight excluding hydrogens is 402 g/mol.